The van der Waals surface area contributed by atoms with E-state index in [1.807, 2.05) is 67.5 Å². The number of esters is 4. The fourth-order valence-corrected chi connectivity index (χ4v) is 9.07. The van der Waals surface area contributed by atoms with Crippen LogP contribution in [0.15, 0.2) is 67.0 Å². The molecule has 1 aliphatic heterocycles. The van der Waals surface area contributed by atoms with Crippen LogP contribution in [0.2, 0.25) is 0 Å². The Hall–Kier alpha value is -6.63. The quantitative estimate of drug-likeness (QED) is 0.149. The summed E-state index contributed by atoms with van der Waals surface area (Å²) in [6.45, 7) is 17.7. The topological polar surface area (TPSA) is 224 Å². The molecule has 4 amide bonds. The standard InChI is InChI=1S/C57H82N6O13/c1-34(2)24-44-54(69)73-39(10)51(66)60(12)47(27-37(7)8)57(72)76-49(29-41-20-22-42(23-21-41)31-63-32-43(33-64)30-58-63)53(68)62(14)45(25-35(3)4)55(70)74-38(9)50(65)59(11)46(26-36(5)6)56(71)75-48(52(67)61(44)13)28-40-18-16-15-17-19-40/h15-23,30,32,34-39,44-49,64H,24-29,31,33H2,1-14H3/t38-,39-,44+,45+,46+,47+,48-,49-/m1/s1. The molecule has 19 heteroatoms. The molecule has 0 aliphatic carbocycles. The highest BCUT2D eigenvalue weighted by molar-refractivity contribution is 5.94. The van der Waals surface area contributed by atoms with Gasteiger partial charge in [0.2, 0.25) is 0 Å². The fraction of sp³-hybridized carbons (Fsp3) is 0.596. The monoisotopic (exact) mass is 1060 g/mol. The molecule has 1 fully saturated rings. The van der Waals surface area contributed by atoms with Gasteiger partial charge in [-0.2, -0.15) is 5.10 Å². The van der Waals surface area contributed by atoms with Gasteiger partial charge in [-0.1, -0.05) is 110 Å². The predicted octanol–water partition coefficient (Wildman–Crippen LogP) is 5.40. The van der Waals surface area contributed by atoms with E-state index in [4.69, 9.17) is 18.9 Å². The second-order valence-corrected chi connectivity index (χ2v) is 21.8. The second kappa shape index (κ2) is 28.5. The SMILES string of the molecule is CC(C)C[C@H]1C(=O)O[C@H](Cc2ccc(Cn3cc(CO)cn3)cc2)C(=O)N(C)[C@@H](CC(C)C)C(=O)O[C@H](C)C(=O)N(C)[C@@H](CC(C)C)C(=O)O[C@H](Cc2ccccc2)C(=O)N(C)[C@@H](CC(C)C)C(=O)O[C@H](C)C(=O)N1C. The number of benzene rings is 2. The van der Waals surface area contributed by atoms with Crippen LogP contribution in [0.1, 0.15) is 117 Å². The summed E-state index contributed by atoms with van der Waals surface area (Å²) in [4.78, 5) is 121. The van der Waals surface area contributed by atoms with Gasteiger partial charge in [-0.25, -0.2) is 19.2 Å². The highest BCUT2D eigenvalue weighted by atomic mass is 16.6. The Labute approximate surface area is 448 Å². The van der Waals surface area contributed by atoms with Crippen LogP contribution >= 0.6 is 0 Å². The van der Waals surface area contributed by atoms with Gasteiger partial charge < -0.3 is 43.7 Å². The minimum atomic E-state index is -1.55. The minimum Gasteiger partial charge on any atom is -0.451 e. The predicted molar refractivity (Wildman–Crippen MR) is 282 cm³/mol. The van der Waals surface area contributed by atoms with Crippen molar-refractivity contribution in [1.82, 2.24) is 29.4 Å². The number of cyclic esters (lactones) is 4. The molecular weight excluding hydrogens is 977 g/mol. The largest absolute Gasteiger partial charge is 0.451 e. The summed E-state index contributed by atoms with van der Waals surface area (Å²) in [7, 11) is 5.53. The summed E-state index contributed by atoms with van der Waals surface area (Å²) >= 11 is 0. The number of nitrogens with zero attached hydrogens (tertiary/aromatic N) is 6. The third kappa shape index (κ3) is 17.5. The van der Waals surface area contributed by atoms with Crippen LogP contribution in [-0.4, -0.2) is 159 Å². The van der Waals surface area contributed by atoms with Crippen molar-refractivity contribution in [3.8, 4) is 0 Å². The molecular formula is C57H82N6O13. The Morgan fingerprint density at radius 2 is 0.789 bits per heavy atom. The number of aliphatic hydroxyl groups is 1. The van der Waals surface area contributed by atoms with Crippen molar-refractivity contribution in [2.24, 2.45) is 23.7 Å². The van der Waals surface area contributed by atoms with Gasteiger partial charge in [0.1, 0.15) is 24.2 Å². The number of amides is 4. The van der Waals surface area contributed by atoms with Crippen LogP contribution < -0.4 is 0 Å². The van der Waals surface area contributed by atoms with Gasteiger partial charge in [0.15, 0.2) is 24.4 Å². The Balaban J connectivity index is 1.85. The maximum atomic E-state index is 14.9. The lowest BCUT2D eigenvalue weighted by Crippen LogP contribution is -2.55. The number of aliphatic hydroxyl groups excluding tert-OH is 1. The maximum Gasteiger partial charge on any atom is 0.329 e. The van der Waals surface area contributed by atoms with E-state index in [2.05, 4.69) is 5.10 Å². The Morgan fingerprint density at radius 3 is 1.13 bits per heavy atom. The molecule has 2 aromatic carbocycles. The molecule has 1 saturated heterocycles. The lowest BCUT2D eigenvalue weighted by molar-refractivity contribution is -0.176. The molecule has 418 valence electrons. The molecule has 76 heavy (non-hydrogen) atoms. The van der Waals surface area contributed by atoms with Crippen LogP contribution in [0, 0.1) is 23.7 Å². The van der Waals surface area contributed by atoms with Crippen molar-refractivity contribution in [2.45, 2.75) is 169 Å². The van der Waals surface area contributed by atoms with Gasteiger partial charge in [0.25, 0.3) is 23.6 Å². The number of rotatable bonds is 15. The van der Waals surface area contributed by atoms with Crippen LogP contribution in [0.3, 0.4) is 0 Å². The number of carbonyl (C=O) groups excluding carboxylic acids is 8. The first-order valence-electron chi connectivity index (χ1n) is 26.3. The van der Waals surface area contributed by atoms with Gasteiger partial charge in [-0.05, 0) is 79.9 Å². The molecule has 2 heterocycles. The summed E-state index contributed by atoms with van der Waals surface area (Å²) in [5.74, 6) is -7.42. The number of likely N-dealkylation sites (N-methyl/N-ethyl adjacent to an activating group) is 4. The molecule has 0 bridgehead atoms. The van der Waals surface area contributed by atoms with E-state index in [0.29, 0.717) is 23.2 Å². The number of aromatic nitrogens is 2. The summed E-state index contributed by atoms with van der Waals surface area (Å²) < 4.78 is 25.6. The first kappa shape index (κ1) is 61.9. The lowest BCUT2D eigenvalue weighted by atomic mass is 9.99. The van der Waals surface area contributed by atoms with E-state index in [1.165, 1.54) is 42.0 Å². The molecule has 8 atom stereocenters. The van der Waals surface area contributed by atoms with Crippen molar-refractivity contribution in [3.63, 3.8) is 0 Å². The maximum absolute atomic E-state index is 14.9. The molecule has 0 saturated carbocycles. The zero-order valence-electron chi connectivity index (χ0n) is 47.0. The van der Waals surface area contributed by atoms with Crippen molar-refractivity contribution in [3.05, 3.63) is 89.2 Å². The summed E-state index contributed by atoms with van der Waals surface area (Å²) in [5.41, 5.74) is 2.72. The third-order valence-electron chi connectivity index (χ3n) is 13.4. The van der Waals surface area contributed by atoms with E-state index in [1.54, 1.807) is 59.5 Å². The second-order valence-electron chi connectivity index (χ2n) is 21.8. The van der Waals surface area contributed by atoms with Gasteiger partial charge in [-0.15, -0.1) is 0 Å². The lowest BCUT2D eigenvalue weighted by Gasteiger charge is -2.35. The van der Waals surface area contributed by atoms with E-state index >= 15 is 0 Å². The van der Waals surface area contributed by atoms with Crippen LogP contribution in [-0.2, 0) is 83.3 Å². The minimum absolute atomic E-state index is 0.0774. The Kier molecular flexibility index (Phi) is 23.2. The molecule has 0 unspecified atom stereocenters. The molecule has 0 radical (unpaired) electrons. The van der Waals surface area contributed by atoms with Crippen molar-refractivity contribution in [1.29, 1.82) is 0 Å². The molecule has 1 aliphatic rings. The van der Waals surface area contributed by atoms with E-state index in [9.17, 15) is 43.5 Å². The van der Waals surface area contributed by atoms with Gasteiger partial charge in [-0.3, -0.25) is 23.9 Å². The van der Waals surface area contributed by atoms with E-state index in [-0.39, 0.29) is 68.8 Å². The summed E-state index contributed by atoms with van der Waals surface area (Å²) in [6, 6.07) is 10.9. The van der Waals surface area contributed by atoms with Crippen LogP contribution in [0.5, 0.6) is 0 Å². The zero-order valence-corrected chi connectivity index (χ0v) is 47.0. The highest BCUT2D eigenvalue weighted by Gasteiger charge is 2.43. The Morgan fingerprint density at radius 1 is 0.461 bits per heavy atom. The van der Waals surface area contributed by atoms with Crippen molar-refractivity contribution in [2.75, 3.05) is 28.2 Å². The molecule has 4 rings (SSSR count). The van der Waals surface area contributed by atoms with Gasteiger partial charge in [0, 0.05) is 52.8 Å². The average molecular weight is 1060 g/mol. The molecule has 1 N–H and O–H groups in total. The van der Waals surface area contributed by atoms with Gasteiger partial charge in [0.05, 0.1) is 19.3 Å². The zero-order chi connectivity index (χ0) is 56.7. The van der Waals surface area contributed by atoms with E-state index < -0.39 is 96.1 Å². The third-order valence-corrected chi connectivity index (χ3v) is 13.4. The van der Waals surface area contributed by atoms with Crippen LogP contribution in [0.4, 0.5) is 0 Å². The average Bonchev–Trinajstić information content (AvgIpc) is 3.83. The molecule has 3 aromatic rings. The molecule has 19 nitrogen and oxygen atoms in total. The fourth-order valence-electron chi connectivity index (χ4n) is 9.07. The summed E-state index contributed by atoms with van der Waals surface area (Å²) in [6.07, 6.45) is -2.61. The molecule has 1 aromatic heterocycles. The number of hydrogen-bond donors (Lipinski definition) is 1. The molecule has 0 spiro atoms. The first-order valence-corrected chi connectivity index (χ1v) is 26.3. The van der Waals surface area contributed by atoms with Crippen LogP contribution in [0.25, 0.3) is 0 Å². The highest BCUT2D eigenvalue weighted by Crippen LogP contribution is 2.24. The number of hydrogen-bond acceptors (Lipinski definition) is 14. The number of carbonyl (C=O) groups is 8. The summed E-state index contributed by atoms with van der Waals surface area (Å²) in [5, 5.41) is 13.8. The number of ether oxygens (including phenoxy) is 4. The first-order chi connectivity index (χ1) is 35.7. The van der Waals surface area contributed by atoms with Crippen molar-refractivity contribution >= 4 is 47.5 Å². The van der Waals surface area contributed by atoms with Crippen molar-refractivity contribution < 1.29 is 62.4 Å². The smallest absolute Gasteiger partial charge is 0.329 e. The van der Waals surface area contributed by atoms with Gasteiger partial charge >= 0.3 is 23.9 Å². The van der Waals surface area contributed by atoms with E-state index in [0.717, 1.165) is 25.2 Å². The Bertz CT molecular complexity index is 2420. The normalized spacial score (nSPS) is 23.8.